The second-order valence-corrected chi connectivity index (χ2v) is 10.1. The SMILES string of the molecule is CCCC[C@@H]1Nc2ncnc(N3CCN(c4ccc(F)cc4)CC3)c2N(CC2CCCCC2)C1=O. The van der Waals surface area contributed by atoms with Gasteiger partial charge in [-0.1, -0.05) is 39.0 Å². The molecule has 0 spiro atoms. The zero-order valence-electron chi connectivity index (χ0n) is 20.8. The van der Waals surface area contributed by atoms with Gasteiger partial charge < -0.3 is 20.0 Å². The van der Waals surface area contributed by atoms with E-state index in [0.29, 0.717) is 5.92 Å². The largest absolute Gasteiger partial charge is 0.368 e. The molecule has 1 saturated carbocycles. The van der Waals surface area contributed by atoms with Crippen LogP contribution in [0.4, 0.5) is 27.4 Å². The first kappa shape index (κ1) is 23.8. The van der Waals surface area contributed by atoms with E-state index >= 15 is 0 Å². The third kappa shape index (κ3) is 5.21. The van der Waals surface area contributed by atoms with E-state index in [2.05, 4.69) is 27.0 Å². The van der Waals surface area contributed by atoms with Gasteiger partial charge in [-0.2, -0.15) is 0 Å². The molecule has 188 valence electrons. The molecule has 3 aliphatic rings. The van der Waals surface area contributed by atoms with E-state index in [1.54, 1.807) is 6.33 Å². The molecular formula is C27H37FN6O. The van der Waals surface area contributed by atoms with Gasteiger partial charge in [-0.15, -0.1) is 0 Å². The van der Waals surface area contributed by atoms with Crippen molar-refractivity contribution in [3.63, 3.8) is 0 Å². The molecule has 1 aromatic heterocycles. The van der Waals surface area contributed by atoms with E-state index in [9.17, 15) is 9.18 Å². The molecule has 2 fully saturated rings. The summed E-state index contributed by atoms with van der Waals surface area (Å²) in [4.78, 5) is 29.6. The molecule has 2 aliphatic heterocycles. The number of halogens is 1. The Kier molecular flexibility index (Phi) is 7.35. The zero-order valence-corrected chi connectivity index (χ0v) is 20.8. The summed E-state index contributed by atoms with van der Waals surface area (Å²) in [5.41, 5.74) is 1.89. The maximum atomic E-state index is 13.7. The number of aromatic nitrogens is 2. The highest BCUT2D eigenvalue weighted by atomic mass is 19.1. The van der Waals surface area contributed by atoms with Crippen LogP contribution in [-0.4, -0.2) is 54.6 Å². The molecule has 2 aromatic rings. The van der Waals surface area contributed by atoms with Crippen molar-refractivity contribution in [2.24, 2.45) is 5.92 Å². The highest BCUT2D eigenvalue weighted by Crippen LogP contribution is 2.40. The first-order chi connectivity index (χ1) is 17.1. The van der Waals surface area contributed by atoms with Crippen LogP contribution < -0.4 is 20.0 Å². The number of anilines is 4. The van der Waals surface area contributed by atoms with Gasteiger partial charge in [-0.3, -0.25) is 4.79 Å². The molecule has 7 nitrogen and oxygen atoms in total. The van der Waals surface area contributed by atoms with Crippen LogP contribution >= 0.6 is 0 Å². The lowest BCUT2D eigenvalue weighted by atomic mass is 9.88. The number of unbranched alkanes of at least 4 members (excludes halogenated alkanes) is 1. The van der Waals surface area contributed by atoms with Gasteiger partial charge in [-0.25, -0.2) is 14.4 Å². The van der Waals surface area contributed by atoms with Crippen LogP contribution in [-0.2, 0) is 4.79 Å². The Morgan fingerprint density at radius 3 is 2.43 bits per heavy atom. The van der Waals surface area contributed by atoms with Crippen LogP contribution in [0.25, 0.3) is 0 Å². The first-order valence-corrected chi connectivity index (χ1v) is 13.3. The van der Waals surface area contributed by atoms with Gasteiger partial charge in [0.05, 0.1) is 0 Å². The molecule has 1 N–H and O–H groups in total. The van der Waals surface area contributed by atoms with Crippen molar-refractivity contribution in [3.05, 3.63) is 36.4 Å². The molecule has 3 heterocycles. The third-order valence-corrected chi connectivity index (χ3v) is 7.73. The summed E-state index contributed by atoms with van der Waals surface area (Å²) >= 11 is 0. The second kappa shape index (κ2) is 10.8. The van der Waals surface area contributed by atoms with Crippen LogP contribution in [0.1, 0.15) is 58.3 Å². The Labute approximate surface area is 207 Å². The average molecular weight is 481 g/mol. The molecule has 1 amide bonds. The molecule has 1 saturated heterocycles. The summed E-state index contributed by atoms with van der Waals surface area (Å²) in [5, 5.41) is 3.45. The van der Waals surface area contributed by atoms with E-state index in [0.717, 1.165) is 75.0 Å². The van der Waals surface area contributed by atoms with Gasteiger partial charge in [0, 0.05) is 38.4 Å². The fourth-order valence-corrected chi connectivity index (χ4v) is 5.72. The number of carbonyl (C=O) groups excluding carboxylic acids is 1. The predicted molar refractivity (Wildman–Crippen MR) is 139 cm³/mol. The molecule has 1 aromatic carbocycles. The molecule has 35 heavy (non-hydrogen) atoms. The molecule has 0 bridgehead atoms. The van der Waals surface area contributed by atoms with Crippen LogP contribution in [0.15, 0.2) is 30.6 Å². The number of fused-ring (bicyclic) bond motifs is 1. The zero-order chi connectivity index (χ0) is 24.2. The van der Waals surface area contributed by atoms with Crippen LogP contribution in [0.5, 0.6) is 0 Å². The smallest absolute Gasteiger partial charge is 0.249 e. The van der Waals surface area contributed by atoms with Gasteiger partial charge in [0.25, 0.3) is 0 Å². The molecule has 1 atom stereocenters. The molecule has 1 aliphatic carbocycles. The van der Waals surface area contributed by atoms with Crippen molar-refractivity contribution in [1.82, 2.24) is 9.97 Å². The van der Waals surface area contributed by atoms with Crippen molar-refractivity contribution in [1.29, 1.82) is 0 Å². The van der Waals surface area contributed by atoms with Gasteiger partial charge >= 0.3 is 0 Å². The van der Waals surface area contributed by atoms with Crippen molar-refractivity contribution in [2.45, 2.75) is 64.3 Å². The van der Waals surface area contributed by atoms with Crippen LogP contribution in [0.2, 0.25) is 0 Å². The number of piperazine rings is 1. The lowest BCUT2D eigenvalue weighted by molar-refractivity contribution is -0.119. The predicted octanol–water partition coefficient (Wildman–Crippen LogP) is 4.84. The fraction of sp³-hybridized carbons (Fsp3) is 0.593. The highest BCUT2D eigenvalue weighted by Gasteiger charge is 2.38. The fourth-order valence-electron chi connectivity index (χ4n) is 5.72. The summed E-state index contributed by atoms with van der Waals surface area (Å²) in [6, 6.07) is 6.48. The number of rotatable bonds is 7. The first-order valence-electron chi connectivity index (χ1n) is 13.3. The summed E-state index contributed by atoms with van der Waals surface area (Å²) in [7, 11) is 0. The van der Waals surface area contributed by atoms with E-state index < -0.39 is 0 Å². The van der Waals surface area contributed by atoms with Crippen molar-refractivity contribution in [3.8, 4) is 0 Å². The Morgan fingerprint density at radius 2 is 1.71 bits per heavy atom. The standard InChI is InChI=1S/C27H37FN6O/c1-2-3-9-23-27(35)34(18-20-7-5-4-6-8-20)24-25(31-23)29-19-30-26(24)33-16-14-32(15-17-33)22-12-10-21(28)11-13-22/h10-13,19-20,23H,2-9,14-18H2,1H3,(H,29,30,31)/t23-/m0/s1. The molecular weight excluding hydrogens is 443 g/mol. The molecule has 5 rings (SSSR count). The summed E-state index contributed by atoms with van der Waals surface area (Å²) in [6.45, 7) is 6.11. The number of hydrogen-bond donors (Lipinski definition) is 1. The lowest BCUT2D eigenvalue weighted by Crippen LogP contribution is -2.51. The van der Waals surface area contributed by atoms with Crippen molar-refractivity contribution < 1.29 is 9.18 Å². The number of nitrogens with one attached hydrogen (secondary N) is 1. The quantitative estimate of drug-likeness (QED) is 0.612. The monoisotopic (exact) mass is 480 g/mol. The highest BCUT2D eigenvalue weighted by molar-refractivity contribution is 6.07. The van der Waals surface area contributed by atoms with Crippen molar-refractivity contribution >= 4 is 28.9 Å². The van der Waals surface area contributed by atoms with Crippen LogP contribution in [0, 0.1) is 11.7 Å². The molecule has 0 radical (unpaired) electrons. The minimum atomic E-state index is -0.218. The summed E-state index contributed by atoms with van der Waals surface area (Å²) in [5.74, 6) is 2.12. The Hall–Kier alpha value is -2.90. The van der Waals surface area contributed by atoms with Gasteiger partial charge in [0.2, 0.25) is 5.91 Å². The number of hydrogen-bond acceptors (Lipinski definition) is 6. The minimum absolute atomic E-state index is 0.164. The van der Waals surface area contributed by atoms with E-state index in [1.165, 1.54) is 44.2 Å². The second-order valence-electron chi connectivity index (χ2n) is 10.1. The lowest BCUT2D eigenvalue weighted by Gasteiger charge is -2.41. The van der Waals surface area contributed by atoms with E-state index in [1.807, 2.05) is 17.0 Å². The van der Waals surface area contributed by atoms with Gasteiger partial charge in [0.15, 0.2) is 11.6 Å². The summed E-state index contributed by atoms with van der Waals surface area (Å²) in [6.07, 6.45) is 10.7. The minimum Gasteiger partial charge on any atom is -0.368 e. The van der Waals surface area contributed by atoms with Gasteiger partial charge in [0.1, 0.15) is 23.9 Å². The maximum absolute atomic E-state index is 13.7. The van der Waals surface area contributed by atoms with E-state index in [4.69, 9.17) is 4.98 Å². The Bertz CT molecular complexity index is 1000. The average Bonchev–Trinajstić information content (AvgIpc) is 2.90. The van der Waals surface area contributed by atoms with Crippen LogP contribution in [0.3, 0.4) is 0 Å². The summed E-state index contributed by atoms with van der Waals surface area (Å²) < 4.78 is 13.4. The number of benzene rings is 1. The molecule has 8 heteroatoms. The molecule has 0 unspecified atom stereocenters. The number of carbonyl (C=O) groups is 1. The van der Waals surface area contributed by atoms with E-state index in [-0.39, 0.29) is 17.8 Å². The van der Waals surface area contributed by atoms with Gasteiger partial charge in [-0.05, 0) is 49.4 Å². The Morgan fingerprint density at radius 1 is 1.00 bits per heavy atom. The topological polar surface area (TPSA) is 64.6 Å². The number of nitrogens with zero attached hydrogens (tertiary/aromatic N) is 5. The van der Waals surface area contributed by atoms with Crippen molar-refractivity contribution in [2.75, 3.05) is 52.7 Å². The number of amides is 1. The Balaban J connectivity index is 1.39. The third-order valence-electron chi connectivity index (χ3n) is 7.73. The maximum Gasteiger partial charge on any atom is 0.249 e. The normalized spacial score (nSPS) is 21.1.